The van der Waals surface area contributed by atoms with Gasteiger partial charge in [-0.05, 0) is 41.5 Å². The van der Waals surface area contributed by atoms with Gasteiger partial charge in [0.25, 0.3) is 0 Å². The summed E-state index contributed by atoms with van der Waals surface area (Å²) in [5, 5.41) is 4.33. The van der Waals surface area contributed by atoms with E-state index in [9.17, 15) is 0 Å². The molecule has 9 rings (SSSR count). The average Bonchev–Trinajstić information content (AvgIpc) is 3.65. The number of fused-ring (bicyclic) bond motifs is 7. The first-order valence-corrected chi connectivity index (χ1v) is 14.6. The van der Waals surface area contributed by atoms with Crippen LogP contribution in [0.1, 0.15) is 0 Å². The van der Waals surface area contributed by atoms with Gasteiger partial charge in [0.2, 0.25) is 5.95 Å². The molecule has 6 aromatic carbocycles. The molecule has 9 aromatic rings. The van der Waals surface area contributed by atoms with Gasteiger partial charge >= 0.3 is 0 Å². The predicted octanol–water partition coefficient (Wildman–Crippen LogP) is 9.87. The molecular weight excluding hydrogens is 540 g/mol. The van der Waals surface area contributed by atoms with E-state index in [2.05, 4.69) is 102 Å². The van der Waals surface area contributed by atoms with E-state index in [1.807, 2.05) is 48.5 Å². The molecule has 44 heavy (non-hydrogen) atoms. The molecule has 206 valence electrons. The van der Waals surface area contributed by atoms with Gasteiger partial charge in [0.15, 0.2) is 11.6 Å². The fourth-order valence-electron chi connectivity index (χ4n) is 6.23. The predicted molar refractivity (Wildman–Crippen MR) is 178 cm³/mol. The molecule has 0 aliphatic carbocycles. The molecule has 0 aliphatic heterocycles. The summed E-state index contributed by atoms with van der Waals surface area (Å²) < 4.78 is 8.63. The molecule has 0 unspecified atom stereocenters. The molecule has 0 saturated carbocycles. The minimum absolute atomic E-state index is 0.556. The van der Waals surface area contributed by atoms with E-state index in [4.69, 9.17) is 19.4 Å². The van der Waals surface area contributed by atoms with Crippen LogP contribution in [0.15, 0.2) is 150 Å². The Labute approximate surface area is 252 Å². The highest BCUT2D eigenvalue weighted by atomic mass is 16.3. The molecule has 0 spiro atoms. The number of hydrogen-bond donors (Lipinski definition) is 0. The second kappa shape index (κ2) is 9.75. The Morgan fingerprint density at radius 3 is 1.89 bits per heavy atom. The van der Waals surface area contributed by atoms with Crippen molar-refractivity contribution in [1.82, 2.24) is 19.5 Å². The van der Waals surface area contributed by atoms with Crippen LogP contribution in [0.4, 0.5) is 0 Å². The highest BCUT2D eigenvalue weighted by molar-refractivity contribution is 6.23. The number of nitrogens with zero attached hydrogens (tertiary/aromatic N) is 4. The molecule has 0 bridgehead atoms. The number of para-hydroxylation sites is 2. The molecule has 0 radical (unpaired) electrons. The second-order valence-corrected chi connectivity index (χ2v) is 10.9. The molecule has 0 N–H and O–H groups in total. The van der Waals surface area contributed by atoms with Crippen LogP contribution in [-0.4, -0.2) is 19.5 Å². The van der Waals surface area contributed by atoms with E-state index >= 15 is 0 Å². The summed E-state index contributed by atoms with van der Waals surface area (Å²) in [7, 11) is 0. The fourth-order valence-corrected chi connectivity index (χ4v) is 6.23. The Hall–Kier alpha value is -6.07. The van der Waals surface area contributed by atoms with E-state index in [1.54, 1.807) is 0 Å². The molecule has 3 heterocycles. The van der Waals surface area contributed by atoms with Crippen molar-refractivity contribution >= 4 is 43.7 Å². The first kappa shape index (κ1) is 24.5. The van der Waals surface area contributed by atoms with E-state index in [0.717, 1.165) is 66.0 Å². The maximum absolute atomic E-state index is 6.50. The van der Waals surface area contributed by atoms with E-state index < -0.39 is 0 Å². The number of rotatable bonds is 4. The summed E-state index contributed by atoms with van der Waals surface area (Å²) in [5.74, 6) is 1.79. The molecule has 0 fully saturated rings. The first-order chi connectivity index (χ1) is 21.8. The average molecular weight is 565 g/mol. The van der Waals surface area contributed by atoms with E-state index in [0.29, 0.717) is 17.6 Å². The van der Waals surface area contributed by atoms with Crippen LogP contribution < -0.4 is 0 Å². The van der Waals surface area contributed by atoms with Crippen molar-refractivity contribution in [3.05, 3.63) is 146 Å². The minimum Gasteiger partial charge on any atom is -0.455 e. The molecular formula is C39H24N4O. The molecule has 0 atom stereocenters. The minimum atomic E-state index is 0.556. The van der Waals surface area contributed by atoms with Gasteiger partial charge in [-0.3, -0.25) is 4.57 Å². The molecule has 5 nitrogen and oxygen atoms in total. The third-order valence-electron chi connectivity index (χ3n) is 8.26. The van der Waals surface area contributed by atoms with Crippen molar-refractivity contribution in [1.29, 1.82) is 0 Å². The van der Waals surface area contributed by atoms with Gasteiger partial charge in [-0.25, -0.2) is 4.98 Å². The zero-order chi connectivity index (χ0) is 29.0. The van der Waals surface area contributed by atoms with Crippen molar-refractivity contribution in [2.45, 2.75) is 0 Å². The Kier molecular flexibility index (Phi) is 5.43. The maximum Gasteiger partial charge on any atom is 0.238 e. The lowest BCUT2D eigenvalue weighted by Crippen LogP contribution is -2.06. The van der Waals surface area contributed by atoms with Gasteiger partial charge in [0.1, 0.15) is 11.2 Å². The molecule has 0 saturated heterocycles. The van der Waals surface area contributed by atoms with Crippen molar-refractivity contribution in [3.63, 3.8) is 0 Å². The summed E-state index contributed by atoms with van der Waals surface area (Å²) in [5.41, 5.74) is 7.83. The third-order valence-corrected chi connectivity index (χ3v) is 8.26. The van der Waals surface area contributed by atoms with Crippen molar-refractivity contribution in [3.8, 4) is 39.9 Å². The SMILES string of the molecule is c1ccc(-c2cccc(-c3nc(-c4ccccc4)nc(-n4c5ccccc5c5c6oc7ccccc7c6ccc54)n3)c2)cc1. The third kappa shape index (κ3) is 3.83. The lowest BCUT2D eigenvalue weighted by molar-refractivity contribution is 0.673. The van der Waals surface area contributed by atoms with Crippen LogP contribution >= 0.6 is 0 Å². The van der Waals surface area contributed by atoms with E-state index in [1.165, 1.54) is 0 Å². The van der Waals surface area contributed by atoms with Gasteiger partial charge < -0.3 is 4.42 Å². The second-order valence-electron chi connectivity index (χ2n) is 10.9. The Morgan fingerprint density at radius 1 is 0.432 bits per heavy atom. The largest absolute Gasteiger partial charge is 0.455 e. The molecule has 0 aliphatic rings. The van der Waals surface area contributed by atoms with Gasteiger partial charge in [-0.1, -0.05) is 115 Å². The zero-order valence-corrected chi connectivity index (χ0v) is 23.6. The first-order valence-electron chi connectivity index (χ1n) is 14.6. The quantitative estimate of drug-likeness (QED) is 0.213. The van der Waals surface area contributed by atoms with Gasteiger partial charge in [-0.15, -0.1) is 0 Å². The lowest BCUT2D eigenvalue weighted by atomic mass is 10.0. The number of benzene rings is 6. The van der Waals surface area contributed by atoms with E-state index in [-0.39, 0.29) is 0 Å². The summed E-state index contributed by atoms with van der Waals surface area (Å²) >= 11 is 0. The molecule has 0 amide bonds. The molecule has 3 aromatic heterocycles. The number of aromatic nitrogens is 4. The van der Waals surface area contributed by atoms with Crippen LogP contribution in [0.25, 0.3) is 83.6 Å². The normalized spacial score (nSPS) is 11.6. The maximum atomic E-state index is 6.50. The standard InChI is InChI=1S/C39H24N4O/c1-3-12-25(13-4-1)27-16-11-17-28(24-27)38-40-37(26-14-5-2-6-15-26)41-39(42-38)43-32-20-9-7-19-31(32)35-33(43)23-22-30-29-18-8-10-21-34(29)44-36(30)35/h1-24H. The number of furan rings is 1. The number of hydrogen-bond acceptors (Lipinski definition) is 4. The lowest BCUT2D eigenvalue weighted by Gasteiger charge is -2.11. The zero-order valence-electron chi connectivity index (χ0n) is 23.6. The smallest absolute Gasteiger partial charge is 0.238 e. The molecule has 5 heteroatoms. The Balaban J connectivity index is 1.34. The summed E-state index contributed by atoms with van der Waals surface area (Å²) in [6, 6.07) is 49.7. The van der Waals surface area contributed by atoms with Gasteiger partial charge in [0.05, 0.1) is 16.4 Å². The van der Waals surface area contributed by atoms with Crippen molar-refractivity contribution in [2.75, 3.05) is 0 Å². The van der Waals surface area contributed by atoms with Crippen molar-refractivity contribution < 1.29 is 4.42 Å². The fraction of sp³-hybridized carbons (Fsp3) is 0. The van der Waals surface area contributed by atoms with Crippen LogP contribution in [0, 0.1) is 0 Å². The van der Waals surface area contributed by atoms with Crippen LogP contribution in [0.2, 0.25) is 0 Å². The van der Waals surface area contributed by atoms with Gasteiger partial charge in [0, 0.05) is 27.3 Å². The Morgan fingerprint density at radius 2 is 1.07 bits per heavy atom. The summed E-state index contributed by atoms with van der Waals surface area (Å²) in [6.07, 6.45) is 0. The van der Waals surface area contributed by atoms with Crippen LogP contribution in [-0.2, 0) is 0 Å². The van der Waals surface area contributed by atoms with Gasteiger partial charge in [-0.2, -0.15) is 9.97 Å². The van der Waals surface area contributed by atoms with Crippen LogP contribution in [0.3, 0.4) is 0 Å². The van der Waals surface area contributed by atoms with Crippen molar-refractivity contribution in [2.24, 2.45) is 0 Å². The topological polar surface area (TPSA) is 56.7 Å². The highest BCUT2D eigenvalue weighted by Crippen LogP contribution is 2.40. The summed E-state index contributed by atoms with van der Waals surface area (Å²) in [6.45, 7) is 0. The summed E-state index contributed by atoms with van der Waals surface area (Å²) in [4.78, 5) is 15.2. The monoisotopic (exact) mass is 564 g/mol. The van der Waals surface area contributed by atoms with Crippen LogP contribution in [0.5, 0.6) is 0 Å². The highest BCUT2D eigenvalue weighted by Gasteiger charge is 2.21. The Bertz CT molecular complexity index is 2490.